The van der Waals surface area contributed by atoms with Crippen molar-refractivity contribution in [3.8, 4) is 0 Å². The summed E-state index contributed by atoms with van der Waals surface area (Å²) in [7, 11) is 0. The van der Waals surface area contributed by atoms with Crippen LogP contribution < -0.4 is 10.2 Å². The van der Waals surface area contributed by atoms with Crippen LogP contribution in [0, 0.1) is 11.8 Å². The Morgan fingerprint density at radius 1 is 0.963 bits per heavy atom. The van der Waals surface area contributed by atoms with E-state index in [1.807, 2.05) is 41.3 Å². The number of hydrogen-bond donors (Lipinski definition) is 1. The zero-order valence-electron chi connectivity index (χ0n) is 14.1. The van der Waals surface area contributed by atoms with Gasteiger partial charge >= 0.3 is 0 Å². The number of rotatable bonds is 2. The fourth-order valence-electron chi connectivity index (χ4n) is 4.52. The second-order valence-corrected chi connectivity index (χ2v) is 7.47. The summed E-state index contributed by atoms with van der Waals surface area (Å²) in [6.45, 7) is 0. The number of nitrogens with zero attached hydrogens (tertiary/aromatic N) is 1. The van der Waals surface area contributed by atoms with Gasteiger partial charge in [0.2, 0.25) is 11.8 Å². The van der Waals surface area contributed by atoms with Crippen LogP contribution in [0.2, 0.25) is 5.02 Å². The highest BCUT2D eigenvalue weighted by Gasteiger charge is 2.61. The molecular weight excluding hydrogens is 364 g/mol. The molecule has 4 atom stereocenters. The molecule has 0 aliphatic carbocycles. The molecular formula is C21H15ClN2O3. The minimum atomic E-state index is -0.737. The third-order valence-electron chi connectivity index (χ3n) is 5.65. The lowest BCUT2D eigenvalue weighted by atomic mass is 9.86. The van der Waals surface area contributed by atoms with Gasteiger partial charge in [-0.2, -0.15) is 0 Å². The van der Waals surface area contributed by atoms with E-state index in [0.717, 1.165) is 11.3 Å². The molecule has 5 nitrogen and oxygen atoms in total. The Balaban J connectivity index is 1.66. The summed E-state index contributed by atoms with van der Waals surface area (Å²) in [6.07, 6.45) is 3.88. The van der Waals surface area contributed by atoms with Crippen molar-refractivity contribution in [2.45, 2.75) is 12.1 Å². The molecule has 2 aromatic carbocycles. The Morgan fingerprint density at radius 2 is 1.67 bits per heavy atom. The number of para-hydroxylation sites is 1. The molecule has 0 spiro atoms. The first-order chi connectivity index (χ1) is 13.1. The van der Waals surface area contributed by atoms with Crippen LogP contribution in [-0.2, 0) is 9.59 Å². The lowest BCUT2D eigenvalue weighted by Crippen LogP contribution is -2.47. The highest BCUT2D eigenvalue weighted by atomic mass is 35.5. The summed E-state index contributed by atoms with van der Waals surface area (Å²) >= 11 is 5.95. The number of fused-ring (bicyclic) bond motifs is 5. The van der Waals surface area contributed by atoms with Gasteiger partial charge in [-0.05, 0) is 35.9 Å². The van der Waals surface area contributed by atoms with Gasteiger partial charge in [0.15, 0.2) is 5.78 Å². The van der Waals surface area contributed by atoms with E-state index in [4.69, 9.17) is 11.6 Å². The fraction of sp³-hybridized carbons (Fsp3) is 0.190. The molecule has 0 aromatic heterocycles. The van der Waals surface area contributed by atoms with Gasteiger partial charge in [-0.15, -0.1) is 0 Å². The zero-order chi connectivity index (χ0) is 18.7. The predicted molar refractivity (Wildman–Crippen MR) is 101 cm³/mol. The van der Waals surface area contributed by atoms with E-state index in [-0.39, 0.29) is 23.6 Å². The average Bonchev–Trinajstić information content (AvgIpc) is 3.17. The van der Waals surface area contributed by atoms with Gasteiger partial charge in [0.25, 0.3) is 0 Å². The molecule has 2 saturated heterocycles. The van der Waals surface area contributed by atoms with Crippen molar-refractivity contribution in [2.24, 2.45) is 11.8 Å². The molecule has 134 valence electrons. The number of nitrogens with one attached hydrogen (secondary N) is 1. The molecule has 2 aromatic rings. The molecule has 6 heteroatoms. The van der Waals surface area contributed by atoms with Gasteiger partial charge in [0, 0.05) is 16.3 Å². The topological polar surface area (TPSA) is 66.5 Å². The standard InChI is InChI=1S/C21H15ClN2O3/c22-13-8-5-12(6-9-13)19(25)18-17-16(20(26)23-21(17)27)15-10-7-11-3-1-2-4-14(11)24(15)18/h1-10,15-18H,(H,23,26,27)/t15-,16-,17+,18+/m0/s1. The number of ketones is 1. The van der Waals surface area contributed by atoms with Gasteiger partial charge in [0.1, 0.15) is 6.04 Å². The smallest absolute Gasteiger partial charge is 0.233 e. The Labute approximate surface area is 160 Å². The molecule has 3 aliphatic rings. The Bertz CT molecular complexity index is 1010. The molecule has 3 heterocycles. The van der Waals surface area contributed by atoms with E-state index >= 15 is 0 Å². The van der Waals surface area contributed by atoms with Crippen molar-refractivity contribution in [1.29, 1.82) is 0 Å². The number of carbonyl (C=O) groups is 3. The summed E-state index contributed by atoms with van der Waals surface area (Å²) in [5, 5.41) is 2.95. The molecule has 27 heavy (non-hydrogen) atoms. The maximum Gasteiger partial charge on any atom is 0.233 e. The Kier molecular flexibility index (Phi) is 3.49. The summed E-state index contributed by atoms with van der Waals surface area (Å²) in [4.78, 5) is 40.4. The van der Waals surface area contributed by atoms with Gasteiger partial charge < -0.3 is 4.90 Å². The highest BCUT2D eigenvalue weighted by molar-refractivity contribution is 6.30. The summed E-state index contributed by atoms with van der Waals surface area (Å²) < 4.78 is 0. The van der Waals surface area contributed by atoms with Crippen molar-refractivity contribution in [3.05, 3.63) is 70.8 Å². The third-order valence-corrected chi connectivity index (χ3v) is 5.91. The first-order valence-corrected chi connectivity index (χ1v) is 9.14. The lowest BCUT2D eigenvalue weighted by molar-refractivity contribution is -0.126. The summed E-state index contributed by atoms with van der Waals surface area (Å²) in [5.74, 6) is -2.14. The van der Waals surface area contributed by atoms with Crippen LogP contribution in [0.15, 0.2) is 54.6 Å². The van der Waals surface area contributed by atoms with Gasteiger partial charge in [-0.25, -0.2) is 0 Å². The van der Waals surface area contributed by atoms with E-state index < -0.39 is 17.9 Å². The number of imide groups is 1. The Hall–Kier alpha value is -2.92. The molecule has 0 radical (unpaired) electrons. The largest absolute Gasteiger partial charge is 0.352 e. The lowest BCUT2D eigenvalue weighted by Gasteiger charge is -2.35. The number of benzene rings is 2. The quantitative estimate of drug-likeness (QED) is 0.644. The van der Waals surface area contributed by atoms with Crippen LogP contribution in [-0.4, -0.2) is 29.7 Å². The second-order valence-electron chi connectivity index (χ2n) is 7.04. The normalized spacial score (nSPS) is 27.8. The minimum Gasteiger partial charge on any atom is -0.352 e. The van der Waals surface area contributed by atoms with E-state index in [2.05, 4.69) is 5.32 Å². The zero-order valence-corrected chi connectivity index (χ0v) is 14.9. The maximum atomic E-state index is 13.4. The van der Waals surface area contributed by atoms with Crippen molar-refractivity contribution < 1.29 is 14.4 Å². The monoisotopic (exact) mass is 378 g/mol. The number of amides is 2. The van der Waals surface area contributed by atoms with Crippen LogP contribution in [0.25, 0.3) is 6.08 Å². The molecule has 0 bridgehead atoms. The molecule has 0 saturated carbocycles. The van der Waals surface area contributed by atoms with Gasteiger partial charge in [0.05, 0.1) is 17.9 Å². The van der Waals surface area contributed by atoms with Gasteiger partial charge in [-0.3, -0.25) is 19.7 Å². The fourth-order valence-corrected chi connectivity index (χ4v) is 4.64. The predicted octanol–water partition coefficient (Wildman–Crippen LogP) is 2.70. The number of halogens is 1. The van der Waals surface area contributed by atoms with Gasteiger partial charge in [-0.1, -0.05) is 42.0 Å². The first kappa shape index (κ1) is 16.3. The molecule has 2 fully saturated rings. The maximum absolute atomic E-state index is 13.4. The van der Waals surface area contributed by atoms with E-state index in [1.54, 1.807) is 24.3 Å². The molecule has 0 unspecified atom stereocenters. The van der Waals surface area contributed by atoms with E-state index in [9.17, 15) is 14.4 Å². The van der Waals surface area contributed by atoms with Crippen LogP contribution in [0.4, 0.5) is 5.69 Å². The van der Waals surface area contributed by atoms with Crippen molar-refractivity contribution in [3.63, 3.8) is 0 Å². The molecule has 1 N–H and O–H groups in total. The number of carbonyl (C=O) groups excluding carboxylic acids is 3. The first-order valence-electron chi connectivity index (χ1n) is 8.76. The van der Waals surface area contributed by atoms with E-state index in [0.29, 0.717) is 10.6 Å². The number of Topliss-reactive ketones (excluding diaryl/α,β-unsaturated/α-hetero) is 1. The number of hydrogen-bond acceptors (Lipinski definition) is 4. The van der Waals surface area contributed by atoms with Crippen molar-refractivity contribution >= 4 is 41.0 Å². The highest BCUT2D eigenvalue weighted by Crippen LogP contribution is 2.46. The Morgan fingerprint density at radius 3 is 2.44 bits per heavy atom. The van der Waals surface area contributed by atoms with Crippen LogP contribution in [0.3, 0.4) is 0 Å². The third kappa shape index (κ3) is 2.28. The molecule has 2 amide bonds. The van der Waals surface area contributed by atoms with E-state index in [1.165, 1.54) is 0 Å². The summed E-state index contributed by atoms with van der Waals surface area (Å²) in [6, 6.07) is 13.3. The van der Waals surface area contributed by atoms with Crippen LogP contribution in [0.5, 0.6) is 0 Å². The van der Waals surface area contributed by atoms with Crippen LogP contribution >= 0.6 is 11.6 Å². The summed E-state index contributed by atoms with van der Waals surface area (Å²) in [5.41, 5.74) is 2.31. The van der Waals surface area contributed by atoms with Crippen molar-refractivity contribution in [2.75, 3.05) is 4.90 Å². The SMILES string of the molecule is O=C1NC(=O)[C@@H]2[C@@H]1[C@@H]1C=Cc3ccccc3N1[C@H]2C(=O)c1ccc(Cl)cc1. The second kappa shape index (κ2) is 5.79. The molecule has 5 rings (SSSR count). The molecule has 3 aliphatic heterocycles. The average molecular weight is 379 g/mol. The number of anilines is 1. The van der Waals surface area contributed by atoms with Crippen molar-refractivity contribution in [1.82, 2.24) is 5.32 Å². The van der Waals surface area contributed by atoms with Crippen LogP contribution in [0.1, 0.15) is 15.9 Å². The minimum absolute atomic E-state index is 0.181.